The fourth-order valence-corrected chi connectivity index (χ4v) is 4.54. The molecule has 2 aliphatic rings. The van der Waals surface area contributed by atoms with Crippen molar-refractivity contribution in [3.05, 3.63) is 29.3 Å². The number of oxime groups is 1. The van der Waals surface area contributed by atoms with Gasteiger partial charge in [0.1, 0.15) is 18.8 Å². The van der Waals surface area contributed by atoms with Crippen molar-refractivity contribution in [1.82, 2.24) is 5.32 Å². The van der Waals surface area contributed by atoms with E-state index in [1.54, 1.807) is 4.90 Å². The number of nitrogens with one attached hydrogen (secondary N) is 1. The first-order chi connectivity index (χ1) is 18.9. The van der Waals surface area contributed by atoms with Gasteiger partial charge in [0.15, 0.2) is 17.9 Å². The number of rotatable bonds is 10. The van der Waals surface area contributed by atoms with Crippen molar-refractivity contribution in [1.29, 1.82) is 0 Å². The highest BCUT2D eigenvalue weighted by atomic mass is 16.8. The van der Waals surface area contributed by atoms with Gasteiger partial charge in [0.25, 0.3) is 12.2 Å². The van der Waals surface area contributed by atoms with E-state index in [2.05, 4.69) is 10.5 Å². The Balaban J connectivity index is 2.02. The Bertz CT molecular complexity index is 1180. The van der Waals surface area contributed by atoms with Gasteiger partial charge in [-0.1, -0.05) is 30.1 Å². The minimum atomic E-state index is -1.43. The van der Waals surface area contributed by atoms with Crippen LogP contribution in [0.1, 0.15) is 58.6 Å². The molecule has 1 N–H and O–H groups in total. The number of fused-ring (bicyclic) bond motifs is 1. The second-order valence-corrected chi connectivity index (χ2v) is 9.60. The first-order valence-corrected chi connectivity index (χ1v) is 13.0. The number of hydrogen-bond acceptors (Lipinski definition) is 11. The summed E-state index contributed by atoms with van der Waals surface area (Å²) in [6.07, 6.45) is -3.51. The summed E-state index contributed by atoms with van der Waals surface area (Å²) in [6.45, 7) is 8.70. The molecule has 13 heteroatoms. The standard InChI is InChI=1S/C27H35N3O10/c1-7-8-11-30-20-10-9-14(2)12-19(20)22(26(30)35)29-40-27-23(28-15(3)31)25(38-18(6)34)24(37-17(5)33)21(39-27)13-36-16(4)32/h9-10,12,21,23-25,27H,7-8,11,13H2,1-6H3,(H,28,31)/b29-22-/t21-,23-,24+,25+,27+/m1/s1. The molecule has 0 radical (unpaired) electrons. The first kappa shape index (κ1) is 30.5. The predicted octanol–water partition coefficient (Wildman–Crippen LogP) is 1.52. The highest BCUT2D eigenvalue weighted by Gasteiger charge is 2.52. The van der Waals surface area contributed by atoms with Crippen molar-refractivity contribution >= 4 is 41.1 Å². The van der Waals surface area contributed by atoms with E-state index in [9.17, 15) is 24.0 Å². The number of nitrogens with zero attached hydrogens (tertiary/aromatic N) is 2. The van der Waals surface area contributed by atoms with Crippen molar-refractivity contribution < 1.29 is 47.8 Å². The minimum absolute atomic E-state index is 0.0302. The van der Waals surface area contributed by atoms with Gasteiger partial charge < -0.3 is 34.0 Å². The summed E-state index contributed by atoms with van der Waals surface area (Å²) in [5.74, 6) is -3.00. The molecule has 0 spiro atoms. The second-order valence-electron chi connectivity index (χ2n) is 9.60. The van der Waals surface area contributed by atoms with Crippen LogP contribution in [-0.4, -0.2) is 79.2 Å². The molecule has 0 unspecified atom stereocenters. The van der Waals surface area contributed by atoms with Crippen LogP contribution in [0.4, 0.5) is 5.69 Å². The monoisotopic (exact) mass is 561 g/mol. The predicted molar refractivity (Wildman–Crippen MR) is 140 cm³/mol. The SMILES string of the molecule is CCCCN1C(=O)/C(=N\O[C@@H]2O[C@H](COC(C)=O)[C@H](OC(C)=O)[C@@H](OC(C)=O)[C@H]2NC(C)=O)c2cc(C)ccc21. The molecule has 1 aromatic carbocycles. The summed E-state index contributed by atoms with van der Waals surface area (Å²) in [5.41, 5.74) is 2.19. The topological polar surface area (TPSA) is 159 Å². The largest absolute Gasteiger partial charge is 0.463 e. The van der Waals surface area contributed by atoms with E-state index in [4.69, 9.17) is 23.8 Å². The molecule has 5 atom stereocenters. The Morgan fingerprint density at radius 1 is 1.02 bits per heavy atom. The Labute approximate surface area is 232 Å². The summed E-state index contributed by atoms with van der Waals surface area (Å²) in [5, 5.41) is 6.75. The molecule has 0 bridgehead atoms. The minimum Gasteiger partial charge on any atom is -0.463 e. The molecule has 2 aliphatic heterocycles. The number of ether oxygens (including phenoxy) is 4. The molecule has 0 saturated carbocycles. The molecular weight excluding hydrogens is 526 g/mol. The van der Waals surface area contributed by atoms with Crippen LogP contribution >= 0.6 is 0 Å². The first-order valence-electron chi connectivity index (χ1n) is 13.0. The van der Waals surface area contributed by atoms with Crippen LogP contribution < -0.4 is 10.2 Å². The molecule has 40 heavy (non-hydrogen) atoms. The zero-order chi connectivity index (χ0) is 29.6. The molecule has 218 valence electrons. The number of anilines is 1. The van der Waals surface area contributed by atoms with Gasteiger partial charge in [-0.25, -0.2) is 0 Å². The number of carbonyl (C=O) groups excluding carboxylic acids is 5. The van der Waals surface area contributed by atoms with Crippen LogP contribution in [0, 0.1) is 6.92 Å². The molecule has 3 rings (SSSR count). The molecule has 0 aromatic heterocycles. The number of amides is 2. The highest BCUT2D eigenvalue weighted by molar-refractivity contribution is 6.54. The number of benzene rings is 1. The molecule has 1 saturated heterocycles. The lowest BCUT2D eigenvalue weighted by Gasteiger charge is -2.43. The van der Waals surface area contributed by atoms with Crippen molar-refractivity contribution in [2.45, 2.75) is 85.0 Å². The van der Waals surface area contributed by atoms with Crippen LogP contribution in [0.2, 0.25) is 0 Å². The smallest absolute Gasteiger partial charge is 0.303 e. The van der Waals surface area contributed by atoms with E-state index in [1.807, 2.05) is 32.0 Å². The van der Waals surface area contributed by atoms with Crippen molar-refractivity contribution in [3.63, 3.8) is 0 Å². The van der Waals surface area contributed by atoms with E-state index in [0.717, 1.165) is 32.3 Å². The van der Waals surface area contributed by atoms with Crippen LogP contribution in [0.15, 0.2) is 23.4 Å². The van der Waals surface area contributed by atoms with Crippen LogP contribution in [-0.2, 0) is 47.8 Å². The number of unbranched alkanes of at least 4 members (excludes halogenated alkanes) is 1. The second kappa shape index (κ2) is 13.4. The van der Waals surface area contributed by atoms with Gasteiger partial charge >= 0.3 is 17.9 Å². The van der Waals surface area contributed by atoms with Crippen molar-refractivity contribution in [2.75, 3.05) is 18.1 Å². The van der Waals surface area contributed by atoms with E-state index in [0.29, 0.717) is 17.8 Å². The van der Waals surface area contributed by atoms with Gasteiger partial charge in [-0.05, 0) is 25.5 Å². The molecule has 2 heterocycles. The lowest BCUT2D eigenvalue weighted by Crippen LogP contribution is -2.66. The van der Waals surface area contributed by atoms with Gasteiger partial charge in [-0.2, -0.15) is 0 Å². The fourth-order valence-electron chi connectivity index (χ4n) is 4.54. The van der Waals surface area contributed by atoms with E-state index in [-0.39, 0.29) is 18.2 Å². The zero-order valence-electron chi connectivity index (χ0n) is 23.4. The van der Waals surface area contributed by atoms with Gasteiger partial charge in [0.2, 0.25) is 5.91 Å². The summed E-state index contributed by atoms with van der Waals surface area (Å²) in [7, 11) is 0. The summed E-state index contributed by atoms with van der Waals surface area (Å²) in [6, 6.07) is 4.34. The molecule has 1 aromatic rings. The third kappa shape index (κ3) is 7.34. The summed E-state index contributed by atoms with van der Waals surface area (Å²) < 4.78 is 21.9. The number of carbonyl (C=O) groups is 5. The fraction of sp³-hybridized carbons (Fsp3) is 0.556. The van der Waals surface area contributed by atoms with Crippen LogP contribution in [0.5, 0.6) is 0 Å². The normalized spacial score (nSPS) is 24.8. The number of hydrogen-bond donors (Lipinski definition) is 1. The lowest BCUT2D eigenvalue weighted by atomic mass is 9.96. The van der Waals surface area contributed by atoms with Crippen molar-refractivity contribution in [2.24, 2.45) is 5.16 Å². The third-order valence-electron chi connectivity index (χ3n) is 6.20. The molecule has 1 fully saturated rings. The molecule has 13 nitrogen and oxygen atoms in total. The summed E-state index contributed by atoms with van der Waals surface area (Å²) >= 11 is 0. The Morgan fingerprint density at radius 3 is 2.30 bits per heavy atom. The maximum absolute atomic E-state index is 13.4. The van der Waals surface area contributed by atoms with Crippen LogP contribution in [0.25, 0.3) is 0 Å². The van der Waals surface area contributed by atoms with E-state index >= 15 is 0 Å². The van der Waals surface area contributed by atoms with Gasteiger partial charge in [0, 0.05) is 39.8 Å². The molecule has 0 aliphatic carbocycles. The third-order valence-corrected chi connectivity index (χ3v) is 6.20. The van der Waals surface area contributed by atoms with Gasteiger partial charge in [0.05, 0.1) is 5.69 Å². The molecular formula is C27H35N3O10. The Hall–Kier alpha value is -4.00. The lowest BCUT2D eigenvalue weighted by molar-refractivity contribution is -0.278. The number of aryl methyl sites for hydroxylation is 1. The van der Waals surface area contributed by atoms with Crippen molar-refractivity contribution in [3.8, 4) is 0 Å². The average molecular weight is 562 g/mol. The quantitative estimate of drug-likeness (QED) is 0.252. The van der Waals surface area contributed by atoms with E-state index in [1.165, 1.54) is 13.8 Å². The van der Waals surface area contributed by atoms with Gasteiger partial charge in [-0.3, -0.25) is 24.0 Å². The maximum atomic E-state index is 13.4. The maximum Gasteiger partial charge on any atom is 0.303 e. The summed E-state index contributed by atoms with van der Waals surface area (Å²) in [4.78, 5) is 68.3. The Kier molecular flexibility index (Phi) is 10.2. The zero-order valence-corrected chi connectivity index (χ0v) is 23.4. The van der Waals surface area contributed by atoms with E-state index < -0.39 is 54.5 Å². The average Bonchev–Trinajstić information content (AvgIpc) is 3.11. The number of esters is 3. The van der Waals surface area contributed by atoms with Crippen LogP contribution in [0.3, 0.4) is 0 Å². The van der Waals surface area contributed by atoms with Gasteiger partial charge in [-0.15, -0.1) is 0 Å². The highest BCUT2D eigenvalue weighted by Crippen LogP contribution is 2.32. The molecule has 2 amide bonds. The Morgan fingerprint density at radius 2 is 1.70 bits per heavy atom.